The molecule has 2 rings (SSSR count). The quantitative estimate of drug-likeness (QED) is 0.663. The van der Waals surface area contributed by atoms with E-state index in [1.807, 2.05) is 13.8 Å². The molecule has 0 spiro atoms. The Morgan fingerprint density at radius 3 is 2.46 bits per heavy atom. The molecule has 0 saturated heterocycles. The fourth-order valence-electron chi connectivity index (χ4n) is 2.26. The smallest absolute Gasteiger partial charge is 0.307 e. The van der Waals surface area contributed by atoms with Crippen LogP contribution in [0, 0.1) is 17.3 Å². The van der Waals surface area contributed by atoms with Crippen LogP contribution < -0.4 is 0 Å². The fraction of sp³-hybridized carbons (Fsp3) is 0.727. The van der Waals surface area contributed by atoms with Crippen LogP contribution in [0.3, 0.4) is 0 Å². The lowest BCUT2D eigenvalue weighted by Gasteiger charge is -2.16. The molecule has 2 aliphatic carbocycles. The van der Waals surface area contributed by atoms with Crippen molar-refractivity contribution in [1.82, 2.24) is 0 Å². The van der Waals surface area contributed by atoms with Gasteiger partial charge in [0.25, 0.3) is 0 Å². The van der Waals surface area contributed by atoms with E-state index < -0.39 is 5.97 Å². The Balaban J connectivity index is 2.06. The summed E-state index contributed by atoms with van der Waals surface area (Å²) in [6, 6.07) is 0. The van der Waals surface area contributed by atoms with Crippen LogP contribution >= 0.6 is 0 Å². The highest BCUT2D eigenvalue weighted by molar-refractivity contribution is 5.76. The monoisotopic (exact) mass is 180 g/mol. The molecule has 0 radical (unpaired) electrons. The maximum atomic E-state index is 10.8. The first-order chi connectivity index (χ1) is 6.03. The van der Waals surface area contributed by atoms with Gasteiger partial charge in [0.2, 0.25) is 0 Å². The first kappa shape index (κ1) is 8.79. The Morgan fingerprint density at radius 2 is 2.15 bits per heavy atom. The summed E-state index contributed by atoms with van der Waals surface area (Å²) in [6.45, 7) is 4.10. The number of hydrogen-bond acceptors (Lipinski definition) is 1. The van der Waals surface area contributed by atoms with Gasteiger partial charge in [-0.05, 0) is 30.6 Å². The molecule has 2 fully saturated rings. The average Bonchev–Trinajstić information content (AvgIpc) is 2.44. The molecule has 72 valence electrons. The van der Waals surface area contributed by atoms with Gasteiger partial charge in [0.1, 0.15) is 0 Å². The number of hydrogen-bond donors (Lipinski definition) is 1. The van der Waals surface area contributed by atoms with Crippen molar-refractivity contribution in [1.29, 1.82) is 0 Å². The topological polar surface area (TPSA) is 37.3 Å². The molecule has 2 atom stereocenters. The summed E-state index contributed by atoms with van der Waals surface area (Å²) >= 11 is 0. The molecule has 2 saturated carbocycles. The van der Waals surface area contributed by atoms with E-state index in [1.165, 1.54) is 24.8 Å². The standard InChI is InChI=1S/C11H16O2/c1-11(2)8(9(11)10(12)13)6-7-4-3-5-7/h6,8-9H,3-5H2,1-2H3,(H,12,13)/t8-,9-/m1/s1. The maximum absolute atomic E-state index is 10.8. The first-order valence-electron chi connectivity index (χ1n) is 4.96. The van der Waals surface area contributed by atoms with E-state index in [1.54, 1.807) is 0 Å². The molecule has 2 nitrogen and oxygen atoms in total. The molecule has 0 aliphatic heterocycles. The molecule has 0 bridgehead atoms. The molecule has 2 heteroatoms. The van der Waals surface area contributed by atoms with Crippen molar-refractivity contribution in [3.63, 3.8) is 0 Å². The van der Waals surface area contributed by atoms with Gasteiger partial charge in [-0.3, -0.25) is 4.79 Å². The third kappa shape index (κ3) is 1.28. The van der Waals surface area contributed by atoms with Crippen molar-refractivity contribution in [2.75, 3.05) is 0 Å². The predicted octanol–water partition coefficient (Wildman–Crippen LogP) is 2.45. The zero-order chi connectivity index (χ0) is 9.64. The molecular weight excluding hydrogens is 164 g/mol. The van der Waals surface area contributed by atoms with Crippen LogP contribution in [0.1, 0.15) is 33.1 Å². The zero-order valence-corrected chi connectivity index (χ0v) is 8.21. The van der Waals surface area contributed by atoms with Crippen molar-refractivity contribution in [2.24, 2.45) is 17.3 Å². The number of aliphatic carboxylic acids is 1. The van der Waals surface area contributed by atoms with Gasteiger partial charge >= 0.3 is 5.97 Å². The highest BCUT2D eigenvalue weighted by Gasteiger charge is 2.60. The van der Waals surface area contributed by atoms with Crippen molar-refractivity contribution in [3.05, 3.63) is 11.6 Å². The Hall–Kier alpha value is -0.790. The highest BCUT2D eigenvalue weighted by Crippen LogP contribution is 2.59. The highest BCUT2D eigenvalue weighted by atomic mass is 16.4. The SMILES string of the molecule is CC1(C)[C@H](C=C2CCC2)[C@@H]1C(=O)O. The minimum absolute atomic E-state index is 0.00553. The average molecular weight is 180 g/mol. The summed E-state index contributed by atoms with van der Waals surface area (Å²) in [5.41, 5.74) is 1.47. The lowest BCUT2D eigenvalue weighted by atomic mass is 9.90. The Morgan fingerprint density at radius 1 is 1.54 bits per heavy atom. The van der Waals surface area contributed by atoms with Crippen LogP contribution in [0.5, 0.6) is 0 Å². The van der Waals surface area contributed by atoms with Crippen molar-refractivity contribution < 1.29 is 9.90 Å². The molecule has 1 N–H and O–H groups in total. The Labute approximate surface area is 78.6 Å². The summed E-state index contributed by atoms with van der Waals surface area (Å²) in [6.07, 6.45) is 5.89. The number of rotatable bonds is 2. The van der Waals surface area contributed by atoms with Crippen molar-refractivity contribution >= 4 is 5.97 Å². The third-order valence-electron chi connectivity index (χ3n) is 3.59. The largest absolute Gasteiger partial charge is 0.481 e. The van der Waals surface area contributed by atoms with Crippen LogP contribution in [0.15, 0.2) is 11.6 Å². The summed E-state index contributed by atoms with van der Waals surface area (Å²) in [5.74, 6) is -0.480. The Bertz CT molecular complexity index is 270. The lowest BCUT2D eigenvalue weighted by molar-refractivity contribution is -0.139. The number of allylic oxidation sites excluding steroid dienone is 2. The van der Waals surface area contributed by atoms with E-state index in [0.717, 1.165) is 0 Å². The van der Waals surface area contributed by atoms with Crippen molar-refractivity contribution in [2.45, 2.75) is 33.1 Å². The molecule has 0 aromatic rings. The fourth-order valence-corrected chi connectivity index (χ4v) is 2.26. The molecule has 0 heterocycles. The van der Waals surface area contributed by atoms with Crippen LogP contribution in [0.2, 0.25) is 0 Å². The van der Waals surface area contributed by atoms with Gasteiger partial charge in [-0.15, -0.1) is 0 Å². The second kappa shape index (κ2) is 2.60. The van der Waals surface area contributed by atoms with E-state index >= 15 is 0 Å². The van der Waals surface area contributed by atoms with Crippen LogP contribution in [-0.4, -0.2) is 11.1 Å². The summed E-state index contributed by atoms with van der Waals surface area (Å²) in [4.78, 5) is 10.8. The van der Waals surface area contributed by atoms with Gasteiger partial charge in [0, 0.05) is 0 Å². The van der Waals surface area contributed by atoms with E-state index in [-0.39, 0.29) is 11.3 Å². The van der Waals surface area contributed by atoms with E-state index in [4.69, 9.17) is 5.11 Å². The molecule has 0 aromatic heterocycles. The van der Waals surface area contributed by atoms with Gasteiger partial charge in [-0.25, -0.2) is 0 Å². The number of carboxylic acids is 1. The third-order valence-corrected chi connectivity index (χ3v) is 3.59. The van der Waals surface area contributed by atoms with Gasteiger partial charge in [-0.2, -0.15) is 0 Å². The molecule has 0 unspecified atom stereocenters. The number of carboxylic acid groups (broad SMARTS) is 1. The molecule has 13 heavy (non-hydrogen) atoms. The Kier molecular flexibility index (Phi) is 1.76. The van der Waals surface area contributed by atoms with E-state index in [2.05, 4.69) is 6.08 Å². The van der Waals surface area contributed by atoms with Crippen LogP contribution in [-0.2, 0) is 4.79 Å². The second-order valence-corrected chi connectivity index (χ2v) is 4.84. The number of carbonyl (C=O) groups is 1. The van der Waals surface area contributed by atoms with Crippen molar-refractivity contribution in [3.8, 4) is 0 Å². The van der Waals surface area contributed by atoms with Crippen LogP contribution in [0.4, 0.5) is 0 Å². The lowest BCUT2D eigenvalue weighted by Crippen LogP contribution is -2.03. The maximum Gasteiger partial charge on any atom is 0.307 e. The van der Waals surface area contributed by atoms with Gasteiger partial charge in [0.15, 0.2) is 0 Å². The predicted molar refractivity (Wildman–Crippen MR) is 50.3 cm³/mol. The first-order valence-corrected chi connectivity index (χ1v) is 4.96. The minimum Gasteiger partial charge on any atom is -0.481 e. The van der Waals surface area contributed by atoms with Crippen LogP contribution in [0.25, 0.3) is 0 Å². The summed E-state index contributed by atoms with van der Waals surface area (Å²) in [7, 11) is 0. The molecule has 2 aliphatic rings. The van der Waals surface area contributed by atoms with Gasteiger partial charge < -0.3 is 5.11 Å². The normalized spacial score (nSPS) is 35.1. The summed E-state index contributed by atoms with van der Waals surface area (Å²) < 4.78 is 0. The summed E-state index contributed by atoms with van der Waals surface area (Å²) in [5, 5.41) is 8.93. The molecule has 0 aromatic carbocycles. The van der Waals surface area contributed by atoms with E-state index in [0.29, 0.717) is 5.92 Å². The van der Waals surface area contributed by atoms with Gasteiger partial charge in [0.05, 0.1) is 5.92 Å². The van der Waals surface area contributed by atoms with Gasteiger partial charge in [-0.1, -0.05) is 25.5 Å². The zero-order valence-electron chi connectivity index (χ0n) is 8.21. The minimum atomic E-state index is -0.633. The molecule has 0 amide bonds. The molecular formula is C11H16O2. The second-order valence-electron chi connectivity index (χ2n) is 4.84. The van der Waals surface area contributed by atoms with E-state index in [9.17, 15) is 4.79 Å².